The van der Waals surface area contributed by atoms with Crippen LogP contribution in [0.5, 0.6) is 5.75 Å². The standard InChI is InChI=1S/C21H23ClN4O2/c1-27-12-6-11-23-19-14-20(24-17-13-16(22)9-10-18(17)28-2)26-21(25-19)15-7-4-3-5-8-15/h3-5,7-10,13-14H,6,11-12H2,1-2H3,(H2,23,24,25,26). The van der Waals surface area contributed by atoms with Crippen LogP contribution in [-0.2, 0) is 4.74 Å². The molecule has 0 unspecified atom stereocenters. The highest BCUT2D eigenvalue weighted by atomic mass is 35.5. The van der Waals surface area contributed by atoms with E-state index < -0.39 is 0 Å². The summed E-state index contributed by atoms with van der Waals surface area (Å²) in [6.07, 6.45) is 0.881. The first-order chi connectivity index (χ1) is 13.7. The Labute approximate surface area is 169 Å². The molecule has 0 fully saturated rings. The largest absolute Gasteiger partial charge is 0.495 e. The van der Waals surface area contributed by atoms with Gasteiger partial charge in [0.05, 0.1) is 12.8 Å². The molecule has 6 nitrogen and oxygen atoms in total. The summed E-state index contributed by atoms with van der Waals surface area (Å²) in [6.45, 7) is 1.44. The van der Waals surface area contributed by atoms with E-state index in [0.717, 1.165) is 30.0 Å². The van der Waals surface area contributed by atoms with E-state index in [1.54, 1.807) is 26.4 Å². The number of nitrogens with one attached hydrogen (secondary N) is 2. The molecule has 0 aliphatic heterocycles. The molecule has 2 N–H and O–H groups in total. The molecule has 7 heteroatoms. The lowest BCUT2D eigenvalue weighted by Gasteiger charge is -2.14. The van der Waals surface area contributed by atoms with Gasteiger partial charge in [0, 0.05) is 36.9 Å². The average molecular weight is 399 g/mol. The third-order valence-electron chi connectivity index (χ3n) is 4.01. The summed E-state index contributed by atoms with van der Waals surface area (Å²) in [4.78, 5) is 9.31. The van der Waals surface area contributed by atoms with Gasteiger partial charge in [0.1, 0.15) is 17.4 Å². The Hall–Kier alpha value is -2.83. The van der Waals surface area contributed by atoms with Gasteiger partial charge in [0.2, 0.25) is 0 Å². The summed E-state index contributed by atoms with van der Waals surface area (Å²) in [5.74, 6) is 2.68. The molecule has 0 atom stereocenters. The summed E-state index contributed by atoms with van der Waals surface area (Å²) in [5, 5.41) is 7.23. The van der Waals surface area contributed by atoms with Gasteiger partial charge in [-0.3, -0.25) is 0 Å². The van der Waals surface area contributed by atoms with Crippen LogP contribution in [0.15, 0.2) is 54.6 Å². The average Bonchev–Trinajstić information content (AvgIpc) is 2.72. The normalized spacial score (nSPS) is 10.5. The minimum absolute atomic E-state index is 0.610. The number of rotatable bonds is 9. The molecule has 0 aliphatic carbocycles. The summed E-state index contributed by atoms with van der Waals surface area (Å²) in [6, 6.07) is 17.1. The Balaban J connectivity index is 1.92. The van der Waals surface area contributed by atoms with Crippen molar-refractivity contribution in [1.29, 1.82) is 0 Å². The molecule has 0 aliphatic rings. The zero-order valence-electron chi connectivity index (χ0n) is 15.9. The van der Waals surface area contributed by atoms with Crippen LogP contribution in [0.1, 0.15) is 6.42 Å². The first-order valence-corrected chi connectivity index (χ1v) is 9.35. The van der Waals surface area contributed by atoms with Crippen LogP contribution in [0.2, 0.25) is 5.02 Å². The number of halogens is 1. The van der Waals surface area contributed by atoms with E-state index >= 15 is 0 Å². The topological polar surface area (TPSA) is 68.3 Å². The molecule has 0 spiro atoms. The Morgan fingerprint density at radius 2 is 1.75 bits per heavy atom. The van der Waals surface area contributed by atoms with Gasteiger partial charge < -0.3 is 20.1 Å². The van der Waals surface area contributed by atoms with Crippen LogP contribution in [0, 0.1) is 0 Å². The SMILES string of the molecule is COCCCNc1cc(Nc2cc(Cl)ccc2OC)nc(-c2ccccc2)n1. The van der Waals surface area contributed by atoms with Crippen molar-refractivity contribution < 1.29 is 9.47 Å². The fourth-order valence-corrected chi connectivity index (χ4v) is 2.84. The maximum Gasteiger partial charge on any atom is 0.163 e. The maximum atomic E-state index is 6.14. The van der Waals surface area contributed by atoms with E-state index in [1.165, 1.54) is 0 Å². The second kappa shape index (κ2) is 9.92. The molecule has 1 aromatic heterocycles. The van der Waals surface area contributed by atoms with E-state index in [1.807, 2.05) is 42.5 Å². The summed E-state index contributed by atoms with van der Waals surface area (Å²) >= 11 is 6.14. The van der Waals surface area contributed by atoms with E-state index in [-0.39, 0.29) is 0 Å². The van der Waals surface area contributed by atoms with Crippen molar-refractivity contribution in [2.24, 2.45) is 0 Å². The van der Waals surface area contributed by atoms with Gasteiger partial charge in [-0.2, -0.15) is 0 Å². The fourth-order valence-electron chi connectivity index (χ4n) is 2.67. The quantitative estimate of drug-likeness (QED) is 0.494. The van der Waals surface area contributed by atoms with Crippen LogP contribution in [-0.4, -0.2) is 37.3 Å². The highest BCUT2D eigenvalue weighted by Crippen LogP contribution is 2.31. The minimum Gasteiger partial charge on any atom is -0.495 e. The van der Waals surface area contributed by atoms with Crippen molar-refractivity contribution in [3.63, 3.8) is 0 Å². The van der Waals surface area contributed by atoms with Crippen LogP contribution in [0.3, 0.4) is 0 Å². The zero-order valence-corrected chi connectivity index (χ0v) is 16.7. The van der Waals surface area contributed by atoms with E-state index in [0.29, 0.717) is 29.0 Å². The number of nitrogens with zero attached hydrogens (tertiary/aromatic N) is 2. The predicted molar refractivity (Wildman–Crippen MR) is 114 cm³/mol. The highest BCUT2D eigenvalue weighted by molar-refractivity contribution is 6.31. The second-order valence-electron chi connectivity index (χ2n) is 6.07. The third-order valence-corrected chi connectivity index (χ3v) is 4.25. The Morgan fingerprint density at radius 3 is 2.50 bits per heavy atom. The Morgan fingerprint density at radius 1 is 0.964 bits per heavy atom. The molecule has 28 heavy (non-hydrogen) atoms. The molecule has 0 amide bonds. The van der Waals surface area contributed by atoms with Gasteiger partial charge in [-0.05, 0) is 24.6 Å². The predicted octanol–water partition coefficient (Wildman–Crippen LogP) is 5.00. The van der Waals surface area contributed by atoms with Gasteiger partial charge in [0.25, 0.3) is 0 Å². The number of hydrogen-bond acceptors (Lipinski definition) is 6. The van der Waals surface area contributed by atoms with Gasteiger partial charge >= 0.3 is 0 Å². The minimum atomic E-state index is 0.610. The lowest BCUT2D eigenvalue weighted by molar-refractivity contribution is 0.198. The molecule has 3 rings (SSSR count). The molecule has 1 heterocycles. The fraction of sp³-hybridized carbons (Fsp3) is 0.238. The van der Waals surface area contributed by atoms with E-state index in [2.05, 4.69) is 20.6 Å². The van der Waals surface area contributed by atoms with Crippen LogP contribution < -0.4 is 15.4 Å². The maximum absolute atomic E-state index is 6.14. The molecule has 0 saturated heterocycles. The molecule has 2 aromatic carbocycles. The lowest BCUT2D eigenvalue weighted by atomic mass is 10.2. The van der Waals surface area contributed by atoms with Crippen molar-refractivity contribution in [3.05, 3.63) is 59.6 Å². The third kappa shape index (κ3) is 5.34. The molecular formula is C21H23ClN4O2. The van der Waals surface area contributed by atoms with Crippen molar-refractivity contribution in [1.82, 2.24) is 9.97 Å². The Kier molecular flexibility index (Phi) is 7.06. The summed E-state index contributed by atoms with van der Waals surface area (Å²) in [7, 11) is 3.31. The summed E-state index contributed by atoms with van der Waals surface area (Å²) in [5.41, 5.74) is 1.67. The van der Waals surface area contributed by atoms with Crippen LogP contribution in [0.4, 0.5) is 17.3 Å². The second-order valence-corrected chi connectivity index (χ2v) is 6.51. The number of hydrogen-bond donors (Lipinski definition) is 2. The van der Waals surface area contributed by atoms with Gasteiger partial charge in [-0.25, -0.2) is 9.97 Å². The number of methoxy groups -OCH3 is 2. The monoisotopic (exact) mass is 398 g/mol. The van der Waals surface area contributed by atoms with Crippen molar-refractivity contribution in [2.75, 3.05) is 38.0 Å². The van der Waals surface area contributed by atoms with Crippen molar-refractivity contribution >= 4 is 28.9 Å². The molecular weight excluding hydrogens is 376 g/mol. The lowest BCUT2D eigenvalue weighted by Crippen LogP contribution is -2.08. The molecule has 146 valence electrons. The van der Waals surface area contributed by atoms with Gasteiger partial charge in [-0.15, -0.1) is 0 Å². The van der Waals surface area contributed by atoms with E-state index in [4.69, 9.17) is 21.1 Å². The molecule has 0 saturated carbocycles. The Bertz CT molecular complexity index is 906. The first kappa shape index (κ1) is 19.9. The van der Waals surface area contributed by atoms with Crippen LogP contribution in [0.25, 0.3) is 11.4 Å². The van der Waals surface area contributed by atoms with Crippen LogP contribution >= 0.6 is 11.6 Å². The number of aromatic nitrogens is 2. The zero-order chi connectivity index (χ0) is 19.8. The van der Waals surface area contributed by atoms with E-state index in [9.17, 15) is 0 Å². The molecule has 0 bridgehead atoms. The first-order valence-electron chi connectivity index (χ1n) is 8.97. The number of anilines is 3. The number of ether oxygens (including phenoxy) is 2. The number of benzene rings is 2. The van der Waals surface area contributed by atoms with Gasteiger partial charge in [-0.1, -0.05) is 41.9 Å². The van der Waals surface area contributed by atoms with Gasteiger partial charge in [0.15, 0.2) is 5.82 Å². The van der Waals surface area contributed by atoms with Crippen molar-refractivity contribution in [2.45, 2.75) is 6.42 Å². The smallest absolute Gasteiger partial charge is 0.163 e. The molecule has 0 radical (unpaired) electrons. The van der Waals surface area contributed by atoms with Crippen molar-refractivity contribution in [3.8, 4) is 17.1 Å². The molecule has 3 aromatic rings. The highest BCUT2D eigenvalue weighted by Gasteiger charge is 2.10. The summed E-state index contributed by atoms with van der Waals surface area (Å²) < 4.78 is 10.5.